The van der Waals surface area contributed by atoms with E-state index in [-0.39, 0.29) is 5.84 Å². The quantitative estimate of drug-likeness (QED) is 0.493. The first-order valence-electron chi connectivity index (χ1n) is 9.91. The smallest absolute Gasteiger partial charge is 0.387 e. The lowest BCUT2D eigenvalue weighted by atomic mass is 9.77. The van der Waals surface area contributed by atoms with E-state index in [0.29, 0.717) is 22.4 Å². The number of aromatic nitrogens is 3. The summed E-state index contributed by atoms with van der Waals surface area (Å²) in [5.74, 6) is -1.31. The number of fused-ring (bicyclic) bond motifs is 1. The Morgan fingerprint density at radius 2 is 1.70 bits per heavy atom. The van der Waals surface area contributed by atoms with E-state index in [1.807, 2.05) is 30.3 Å². The third-order valence-electron chi connectivity index (χ3n) is 5.47. The largest absolute Gasteiger partial charge is 0.432 e. The normalized spacial score (nSPS) is 17.0. The summed E-state index contributed by atoms with van der Waals surface area (Å²) in [5.41, 5.74) is 8.76. The van der Waals surface area contributed by atoms with Gasteiger partial charge in [-0.1, -0.05) is 30.3 Å². The van der Waals surface area contributed by atoms with Crippen LogP contribution in [0.3, 0.4) is 0 Å². The Bertz CT molecular complexity index is 1360. The molecule has 6 nitrogen and oxygen atoms in total. The van der Waals surface area contributed by atoms with Crippen molar-refractivity contribution in [2.45, 2.75) is 12.2 Å². The lowest BCUT2D eigenvalue weighted by Gasteiger charge is -2.29. The molecule has 4 aromatic rings. The molecule has 1 aliphatic heterocycles. The third-order valence-corrected chi connectivity index (χ3v) is 5.47. The Morgan fingerprint density at radius 1 is 0.909 bits per heavy atom. The summed E-state index contributed by atoms with van der Waals surface area (Å²) in [5, 5.41) is 0. The van der Waals surface area contributed by atoms with Crippen molar-refractivity contribution in [3.05, 3.63) is 108 Å². The van der Waals surface area contributed by atoms with Crippen molar-refractivity contribution >= 4 is 5.84 Å². The zero-order valence-electron chi connectivity index (χ0n) is 17.0. The van der Waals surface area contributed by atoms with E-state index < -0.39 is 23.7 Å². The van der Waals surface area contributed by atoms with E-state index in [2.05, 4.69) is 19.7 Å². The second-order valence-electron chi connectivity index (χ2n) is 7.34. The number of rotatable bonds is 5. The minimum atomic E-state index is -3.14. The number of hydrogen-bond acceptors (Lipinski definition) is 6. The number of hydrogen-bond donors (Lipinski definition) is 1. The summed E-state index contributed by atoms with van der Waals surface area (Å²) >= 11 is 0. The van der Waals surface area contributed by atoms with E-state index in [0.717, 1.165) is 23.3 Å². The monoisotopic (exact) mass is 447 g/mol. The van der Waals surface area contributed by atoms with Crippen LogP contribution in [0.4, 0.5) is 13.2 Å². The van der Waals surface area contributed by atoms with Gasteiger partial charge in [-0.2, -0.15) is 8.78 Å². The second-order valence-corrected chi connectivity index (χ2v) is 7.34. The molecule has 2 aromatic carbocycles. The van der Waals surface area contributed by atoms with Gasteiger partial charge in [0.05, 0.1) is 0 Å². The van der Waals surface area contributed by atoms with Crippen molar-refractivity contribution in [3.8, 4) is 16.9 Å². The third kappa shape index (κ3) is 3.47. The molecule has 0 fully saturated rings. The highest BCUT2D eigenvalue weighted by Crippen LogP contribution is 2.46. The van der Waals surface area contributed by atoms with Crippen molar-refractivity contribution in [2.24, 2.45) is 10.7 Å². The molecule has 5 rings (SSSR count). The Balaban J connectivity index is 1.75. The molecule has 1 aliphatic rings. The number of ether oxygens (including phenoxy) is 1. The van der Waals surface area contributed by atoms with E-state index in [4.69, 9.17) is 10.7 Å². The van der Waals surface area contributed by atoms with E-state index in [1.165, 1.54) is 12.4 Å². The van der Waals surface area contributed by atoms with Gasteiger partial charge in [0.1, 0.15) is 23.4 Å². The van der Waals surface area contributed by atoms with Crippen molar-refractivity contribution in [2.75, 3.05) is 0 Å². The molecule has 0 aliphatic carbocycles. The Kier molecular flexibility index (Phi) is 5.01. The van der Waals surface area contributed by atoms with Crippen LogP contribution in [0, 0.1) is 5.82 Å². The molecule has 0 bridgehead atoms. The van der Waals surface area contributed by atoms with Gasteiger partial charge >= 0.3 is 6.61 Å². The van der Waals surface area contributed by atoms with Gasteiger partial charge in [-0.25, -0.2) is 19.4 Å². The maximum absolute atomic E-state index is 14.8. The molecule has 9 heteroatoms. The number of nitrogens with zero attached hydrogens (tertiary/aromatic N) is 4. The Labute approximate surface area is 186 Å². The van der Waals surface area contributed by atoms with Crippen LogP contribution in [0.5, 0.6) is 5.75 Å². The molecule has 0 radical (unpaired) electrons. The second kappa shape index (κ2) is 8.01. The maximum Gasteiger partial charge on any atom is 0.387 e. The number of nitrogens with two attached hydrogens (primary N) is 1. The highest BCUT2D eigenvalue weighted by molar-refractivity contribution is 6.01. The van der Waals surface area contributed by atoms with Gasteiger partial charge in [-0.05, 0) is 41.0 Å². The highest BCUT2D eigenvalue weighted by Gasteiger charge is 2.44. The first-order valence-corrected chi connectivity index (χ1v) is 9.91. The van der Waals surface area contributed by atoms with Crippen molar-refractivity contribution in [3.63, 3.8) is 0 Å². The molecule has 0 amide bonds. The van der Waals surface area contributed by atoms with Crippen molar-refractivity contribution < 1.29 is 17.9 Å². The van der Waals surface area contributed by atoms with E-state index in [1.54, 1.807) is 24.7 Å². The zero-order chi connectivity index (χ0) is 23.0. The molecular weight excluding hydrogens is 431 g/mol. The van der Waals surface area contributed by atoms with Crippen LogP contribution in [-0.4, -0.2) is 27.4 Å². The number of halogens is 3. The molecule has 0 spiro atoms. The van der Waals surface area contributed by atoms with Crippen LogP contribution in [0.1, 0.15) is 22.4 Å². The number of pyridine rings is 1. The standard InChI is InChI=1S/C24H16F3N5O/c25-19-10-17(6-7-20(19)33-23(26)27)24(18-5-2-8-31-21(18)22(28)32-24)16-4-1-3-14(9-16)15-11-29-13-30-12-15/h1-13,23H,(H2,28,32). The predicted molar refractivity (Wildman–Crippen MR) is 115 cm³/mol. The van der Waals surface area contributed by atoms with Crippen LogP contribution in [-0.2, 0) is 5.54 Å². The molecule has 1 atom stereocenters. The maximum atomic E-state index is 14.8. The average molecular weight is 447 g/mol. The van der Waals surface area contributed by atoms with Gasteiger partial charge in [0.2, 0.25) is 0 Å². The first kappa shape index (κ1) is 20.6. The Hall–Kier alpha value is -4.27. The fraction of sp³-hybridized carbons (Fsp3) is 0.0833. The van der Waals surface area contributed by atoms with Gasteiger partial charge in [0.15, 0.2) is 11.6 Å². The molecule has 0 saturated carbocycles. The molecule has 164 valence electrons. The zero-order valence-corrected chi connectivity index (χ0v) is 17.0. The summed E-state index contributed by atoms with van der Waals surface area (Å²) in [6.45, 7) is -3.14. The van der Waals surface area contributed by atoms with Gasteiger partial charge in [0.25, 0.3) is 0 Å². The molecule has 2 aromatic heterocycles. The number of benzene rings is 2. The Morgan fingerprint density at radius 3 is 2.45 bits per heavy atom. The van der Waals surface area contributed by atoms with Crippen molar-refractivity contribution in [1.29, 1.82) is 0 Å². The highest BCUT2D eigenvalue weighted by atomic mass is 19.3. The molecular formula is C24H16F3N5O. The van der Waals surface area contributed by atoms with E-state index >= 15 is 0 Å². The summed E-state index contributed by atoms with van der Waals surface area (Å²) in [6, 6.07) is 14.8. The van der Waals surface area contributed by atoms with Gasteiger partial charge < -0.3 is 10.5 Å². The van der Waals surface area contributed by atoms with Crippen LogP contribution in [0.15, 0.2) is 84.5 Å². The summed E-state index contributed by atoms with van der Waals surface area (Å²) < 4.78 is 44.4. The molecule has 1 unspecified atom stereocenters. The van der Waals surface area contributed by atoms with Crippen LogP contribution in [0.2, 0.25) is 0 Å². The molecule has 2 N–H and O–H groups in total. The van der Waals surface area contributed by atoms with Gasteiger partial charge in [-0.15, -0.1) is 0 Å². The van der Waals surface area contributed by atoms with Crippen LogP contribution < -0.4 is 10.5 Å². The summed E-state index contributed by atoms with van der Waals surface area (Å²) in [4.78, 5) is 17.2. The fourth-order valence-corrected chi connectivity index (χ4v) is 4.09. The summed E-state index contributed by atoms with van der Waals surface area (Å²) in [7, 11) is 0. The van der Waals surface area contributed by atoms with E-state index in [9.17, 15) is 13.2 Å². The van der Waals surface area contributed by atoms with Gasteiger partial charge in [0, 0.05) is 29.7 Å². The van der Waals surface area contributed by atoms with Gasteiger partial charge in [-0.3, -0.25) is 4.98 Å². The number of amidine groups is 1. The predicted octanol–water partition coefficient (Wildman–Crippen LogP) is 4.29. The lowest BCUT2D eigenvalue weighted by molar-refractivity contribution is -0.0522. The minimum absolute atomic E-state index is 0.187. The van der Waals surface area contributed by atoms with Crippen LogP contribution in [0.25, 0.3) is 11.1 Å². The molecule has 3 heterocycles. The van der Waals surface area contributed by atoms with Crippen molar-refractivity contribution in [1.82, 2.24) is 15.0 Å². The number of aliphatic imine (C=N–C) groups is 1. The lowest BCUT2D eigenvalue weighted by Crippen LogP contribution is -2.26. The van der Waals surface area contributed by atoms with Crippen LogP contribution >= 0.6 is 0 Å². The number of alkyl halides is 2. The average Bonchev–Trinajstić information content (AvgIpc) is 3.14. The summed E-state index contributed by atoms with van der Waals surface area (Å²) in [6.07, 6.45) is 6.38. The topological polar surface area (TPSA) is 86.3 Å². The minimum Gasteiger partial charge on any atom is -0.432 e. The SMILES string of the molecule is NC1=NC(c2cccc(-c3cncnc3)c2)(c2ccc(OC(F)F)c(F)c2)c2cccnc21. The first-order chi connectivity index (χ1) is 16.0. The molecule has 33 heavy (non-hydrogen) atoms. The molecule has 0 saturated heterocycles. The fourth-order valence-electron chi connectivity index (χ4n) is 4.09.